The normalized spacial score (nSPS) is 18.0. The molecule has 10 heteroatoms. The van der Waals surface area contributed by atoms with Gasteiger partial charge in [0.15, 0.2) is 0 Å². The molecule has 1 amide bonds. The molecule has 6 rings (SSSR count). The summed E-state index contributed by atoms with van der Waals surface area (Å²) in [6, 6.07) is 14.4. The van der Waals surface area contributed by atoms with E-state index in [0.29, 0.717) is 33.3 Å². The smallest absolute Gasteiger partial charge is 0.326 e. The Balaban J connectivity index is 1.79. The van der Waals surface area contributed by atoms with Crippen LogP contribution >= 0.6 is 11.6 Å². The predicted molar refractivity (Wildman–Crippen MR) is 119 cm³/mol. The summed E-state index contributed by atoms with van der Waals surface area (Å²) in [6.45, 7) is 1.79. The first-order chi connectivity index (χ1) is 15.4. The number of aryl methyl sites for hydroxylation is 1. The second kappa shape index (κ2) is 6.21. The molecule has 2 aliphatic rings. The Kier molecular flexibility index (Phi) is 3.62. The van der Waals surface area contributed by atoms with Gasteiger partial charge in [-0.2, -0.15) is 5.10 Å². The second-order valence-corrected chi connectivity index (χ2v) is 8.17. The Morgan fingerprint density at radius 1 is 0.969 bits per heavy atom. The Morgan fingerprint density at radius 3 is 2.53 bits per heavy atom. The third-order valence-corrected chi connectivity index (χ3v) is 6.21. The average Bonchev–Trinajstić information content (AvgIpc) is 3.22. The number of carbonyl (C=O) groups is 1. The van der Waals surface area contributed by atoms with Gasteiger partial charge in [0.05, 0.1) is 16.9 Å². The SMILES string of the molecule is Cc1nn(-c2ccccc2)c2c1C1(C(=O)Nc3cc(Cl)ccc31)c1c([nH]c(=O)[nH]c1=O)N2. The summed E-state index contributed by atoms with van der Waals surface area (Å²) in [5, 5.41) is 11.1. The van der Waals surface area contributed by atoms with Crippen LogP contribution in [-0.2, 0) is 10.2 Å². The van der Waals surface area contributed by atoms with Gasteiger partial charge in [-0.25, -0.2) is 9.48 Å². The lowest BCUT2D eigenvalue weighted by Crippen LogP contribution is -2.46. The maximum absolute atomic E-state index is 13.7. The van der Waals surface area contributed by atoms with Crippen molar-refractivity contribution in [3.8, 4) is 5.69 Å². The number of para-hydroxylation sites is 1. The molecule has 0 fully saturated rings. The number of aromatic nitrogens is 4. The average molecular weight is 447 g/mol. The molecule has 1 spiro atoms. The third kappa shape index (κ3) is 2.23. The Hall–Kier alpha value is -4.11. The lowest BCUT2D eigenvalue weighted by Gasteiger charge is -2.34. The first-order valence-corrected chi connectivity index (χ1v) is 10.2. The van der Waals surface area contributed by atoms with Crippen molar-refractivity contribution in [3.05, 3.63) is 96.8 Å². The molecule has 4 aromatic rings. The summed E-state index contributed by atoms with van der Waals surface area (Å²) >= 11 is 6.17. The molecular formula is C22H15ClN6O3. The van der Waals surface area contributed by atoms with Crippen LogP contribution in [0.3, 0.4) is 0 Å². The van der Waals surface area contributed by atoms with Crippen LogP contribution in [-0.4, -0.2) is 25.7 Å². The molecule has 2 aromatic carbocycles. The number of benzene rings is 2. The number of nitrogens with zero attached hydrogens (tertiary/aromatic N) is 2. The number of anilines is 3. The highest BCUT2D eigenvalue weighted by molar-refractivity contribution is 6.31. The van der Waals surface area contributed by atoms with Gasteiger partial charge >= 0.3 is 5.69 Å². The molecule has 32 heavy (non-hydrogen) atoms. The predicted octanol–water partition coefficient (Wildman–Crippen LogP) is 2.55. The van der Waals surface area contributed by atoms with E-state index < -0.39 is 22.6 Å². The standard InChI is InChI=1S/C22H15ClN6O3/c1-10-15-18(29(28-10)12-5-3-2-4-6-12)25-17-16(19(30)27-21(32)26-17)22(15)13-8-7-11(23)9-14(13)24-20(22)31/h2-9H,1H3,(H,24,31)(H3,25,26,27,30,32). The van der Waals surface area contributed by atoms with E-state index in [2.05, 4.69) is 25.7 Å². The second-order valence-electron chi connectivity index (χ2n) is 7.73. The van der Waals surface area contributed by atoms with Crippen LogP contribution in [0, 0.1) is 6.92 Å². The molecule has 0 saturated heterocycles. The minimum Gasteiger partial charge on any atom is -0.326 e. The topological polar surface area (TPSA) is 125 Å². The van der Waals surface area contributed by atoms with Crippen molar-refractivity contribution in [3.63, 3.8) is 0 Å². The fourth-order valence-electron chi connectivity index (χ4n) is 4.81. The van der Waals surface area contributed by atoms with Gasteiger partial charge in [-0.15, -0.1) is 0 Å². The summed E-state index contributed by atoms with van der Waals surface area (Å²) in [6.07, 6.45) is 0. The van der Waals surface area contributed by atoms with Crippen molar-refractivity contribution < 1.29 is 4.79 Å². The molecule has 158 valence electrons. The van der Waals surface area contributed by atoms with E-state index in [4.69, 9.17) is 11.6 Å². The third-order valence-electron chi connectivity index (χ3n) is 5.97. The number of rotatable bonds is 1. The van der Waals surface area contributed by atoms with E-state index in [0.717, 1.165) is 5.69 Å². The highest BCUT2D eigenvalue weighted by atomic mass is 35.5. The lowest BCUT2D eigenvalue weighted by atomic mass is 9.69. The highest BCUT2D eigenvalue weighted by Gasteiger charge is 2.58. The van der Waals surface area contributed by atoms with Crippen LogP contribution in [0.2, 0.25) is 5.02 Å². The number of amides is 1. The van der Waals surface area contributed by atoms with Gasteiger partial charge in [-0.05, 0) is 31.2 Å². The number of fused-ring (bicyclic) bond motifs is 6. The Morgan fingerprint density at radius 2 is 1.75 bits per heavy atom. The van der Waals surface area contributed by atoms with Crippen molar-refractivity contribution in [2.45, 2.75) is 12.3 Å². The van der Waals surface area contributed by atoms with Gasteiger partial charge in [-0.3, -0.25) is 19.6 Å². The molecule has 0 bridgehead atoms. The highest BCUT2D eigenvalue weighted by Crippen LogP contribution is 2.54. The number of halogens is 1. The van der Waals surface area contributed by atoms with Gasteiger partial charge in [0.1, 0.15) is 17.1 Å². The molecule has 1 atom stereocenters. The quantitative estimate of drug-likeness (QED) is 0.357. The monoisotopic (exact) mass is 446 g/mol. The van der Waals surface area contributed by atoms with Crippen LogP contribution in [0.1, 0.15) is 22.4 Å². The van der Waals surface area contributed by atoms with Gasteiger partial charge in [0, 0.05) is 21.8 Å². The number of nitrogens with one attached hydrogen (secondary N) is 4. The summed E-state index contributed by atoms with van der Waals surface area (Å²) in [7, 11) is 0. The number of carbonyl (C=O) groups excluding carboxylic acids is 1. The van der Waals surface area contributed by atoms with E-state index in [1.165, 1.54) is 0 Å². The number of aromatic amines is 2. The van der Waals surface area contributed by atoms with Crippen LogP contribution in [0.4, 0.5) is 17.3 Å². The first kappa shape index (κ1) is 18.6. The van der Waals surface area contributed by atoms with Crippen LogP contribution in [0.15, 0.2) is 58.1 Å². The van der Waals surface area contributed by atoms with Gasteiger partial charge in [0.25, 0.3) is 5.56 Å². The van der Waals surface area contributed by atoms with Crippen LogP contribution in [0.5, 0.6) is 0 Å². The molecule has 2 aromatic heterocycles. The molecule has 9 nitrogen and oxygen atoms in total. The molecule has 4 N–H and O–H groups in total. The van der Waals surface area contributed by atoms with Crippen LogP contribution < -0.4 is 21.9 Å². The van der Waals surface area contributed by atoms with E-state index in [-0.39, 0.29) is 11.4 Å². The van der Waals surface area contributed by atoms with Crippen molar-refractivity contribution in [1.29, 1.82) is 0 Å². The minimum absolute atomic E-state index is 0.0962. The number of H-pyrrole nitrogens is 2. The summed E-state index contributed by atoms with van der Waals surface area (Å²) in [4.78, 5) is 43.9. The van der Waals surface area contributed by atoms with E-state index >= 15 is 0 Å². The molecule has 2 aliphatic heterocycles. The van der Waals surface area contributed by atoms with Gasteiger partial charge < -0.3 is 10.6 Å². The van der Waals surface area contributed by atoms with Crippen molar-refractivity contribution in [2.24, 2.45) is 0 Å². The van der Waals surface area contributed by atoms with Crippen molar-refractivity contribution >= 4 is 34.8 Å². The summed E-state index contributed by atoms with van der Waals surface area (Å²) in [5.41, 5.74) is 0.135. The van der Waals surface area contributed by atoms with E-state index in [1.807, 2.05) is 30.3 Å². The number of hydrogen-bond acceptors (Lipinski definition) is 5. The van der Waals surface area contributed by atoms with Crippen LogP contribution in [0.25, 0.3) is 5.69 Å². The maximum atomic E-state index is 13.7. The maximum Gasteiger partial charge on any atom is 0.327 e. The molecule has 0 radical (unpaired) electrons. The minimum atomic E-state index is -1.52. The van der Waals surface area contributed by atoms with E-state index in [1.54, 1.807) is 29.8 Å². The zero-order valence-electron chi connectivity index (χ0n) is 16.6. The zero-order valence-corrected chi connectivity index (χ0v) is 17.4. The van der Waals surface area contributed by atoms with Crippen molar-refractivity contribution in [2.75, 3.05) is 10.6 Å². The lowest BCUT2D eigenvalue weighted by molar-refractivity contribution is -0.118. The Bertz CT molecular complexity index is 1570. The van der Waals surface area contributed by atoms with E-state index in [9.17, 15) is 14.4 Å². The van der Waals surface area contributed by atoms with Gasteiger partial charge in [-0.1, -0.05) is 35.9 Å². The molecule has 1 unspecified atom stereocenters. The molecule has 0 saturated carbocycles. The zero-order chi connectivity index (χ0) is 22.2. The molecular weight excluding hydrogens is 432 g/mol. The number of hydrogen-bond donors (Lipinski definition) is 4. The molecule has 0 aliphatic carbocycles. The fourth-order valence-corrected chi connectivity index (χ4v) is 4.98. The largest absolute Gasteiger partial charge is 0.327 e. The first-order valence-electron chi connectivity index (χ1n) is 9.82. The Labute approximate surface area is 185 Å². The van der Waals surface area contributed by atoms with Gasteiger partial charge in [0.2, 0.25) is 5.91 Å². The summed E-state index contributed by atoms with van der Waals surface area (Å²) in [5.74, 6) is 0.203. The van der Waals surface area contributed by atoms with Crippen molar-refractivity contribution in [1.82, 2.24) is 19.7 Å². The molecule has 4 heterocycles. The summed E-state index contributed by atoms with van der Waals surface area (Å²) < 4.78 is 1.66. The fraction of sp³-hybridized carbons (Fsp3) is 0.0909.